The summed E-state index contributed by atoms with van der Waals surface area (Å²) in [5, 5.41) is 6.66. The van der Waals surface area contributed by atoms with Crippen molar-refractivity contribution >= 4 is 17.6 Å². The third-order valence-corrected chi connectivity index (χ3v) is 3.90. The van der Waals surface area contributed by atoms with Crippen molar-refractivity contribution in [3.63, 3.8) is 0 Å². The van der Waals surface area contributed by atoms with Crippen molar-refractivity contribution < 1.29 is 4.74 Å². The quantitative estimate of drug-likeness (QED) is 0.740. The van der Waals surface area contributed by atoms with Crippen molar-refractivity contribution in [2.45, 2.75) is 13.5 Å². The number of nitrogens with two attached hydrogens (primary N) is 1. The molecule has 1 saturated heterocycles. The van der Waals surface area contributed by atoms with Gasteiger partial charge >= 0.3 is 0 Å². The summed E-state index contributed by atoms with van der Waals surface area (Å²) in [5.74, 6) is 2.76. The van der Waals surface area contributed by atoms with Crippen molar-refractivity contribution in [3.05, 3.63) is 35.9 Å². The Hall–Kier alpha value is -2.54. The third-order valence-electron chi connectivity index (χ3n) is 3.90. The average molecular weight is 328 g/mol. The molecule has 1 aliphatic rings. The SMILES string of the molecule is CCOc1ccccc1CNc1cc(N2CCNCC2)nc(N)n1. The van der Waals surface area contributed by atoms with Gasteiger partial charge in [-0.2, -0.15) is 9.97 Å². The van der Waals surface area contributed by atoms with E-state index in [1.54, 1.807) is 0 Å². The second-order valence-electron chi connectivity index (χ2n) is 5.60. The van der Waals surface area contributed by atoms with Gasteiger partial charge in [0.2, 0.25) is 5.95 Å². The summed E-state index contributed by atoms with van der Waals surface area (Å²) in [5.41, 5.74) is 6.97. The van der Waals surface area contributed by atoms with Gasteiger partial charge in [-0.05, 0) is 13.0 Å². The molecule has 24 heavy (non-hydrogen) atoms. The fourth-order valence-corrected chi connectivity index (χ4v) is 2.73. The molecular formula is C17H24N6O. The normalized spacial score (nSPS) is 14.5. The van der Waals surface area contributed by atoms with Gasteiger partial charge in [0.05, 0.1) is 6.61 Å². The molecule has 0 spiro atoms. The number of anilines is 3. The monoisotopic (exact) mass is 328 g/mol. The minimum atomic E-state index is 0.284. The number of hydrogen-bond donors (Lipinski definition) is 3. The van der Waals surface area contributed by atoms with Crippen LogP contribution >= 0.6 is 0 Å². The first-order chi connectivity index (χ1) is 11.8. The van der Waals surface area contributed by atoms with Gasteiger partial charge in [-0.3, -0.25) is 0 Å². The summed E-state index contributed by atoms with van der Waals surface area (Å²) in [7, 11) is 0. The van der Waals surface area contributed by atoms with Crippen molar-refractivity contribution in [1.82, 2.24) is 15.3 Å². The van der Waals surface area contributed by atoms with E-state index in [0.29, 0.717) is 13.2 Å². The molecule has 0 saturated carbocycles. The first-order valence-corrected chi connectivity index (χ1v) is 8.31. The summed E-state index contributed by atoms with van der Waals surface area (Å²) in [4.78, 5) is 10.9. The third kappa shape index (κ3) is 4.05. The van der Waals surface area contributed by atoms with Gasteiger partial charge in [0.25, 0.3) is 0 Å². The van der Waals surface area contributed by atoms with E-state index in [-0.39, 0.29) is 5.95 Å². The Morgan fingerprint density at radius 2 is 2.04 bits per heavy atom. The molecule has 0 bridgehead atoms. The number of para-hydroxylation sites is 1. The van der Waals surface area contributed by atoms with Crippen LogP contribution in [0.15, 0.2) is 30.3 Å². The van der Waals surface area contributed by atoms with Crippen LogP contribution < -0.4 is 26.0 Å². The summed E-state index contributed by atoms with van der Waals surface area (Å²) in [6, 6.07) is 9.94. The average Bonchev–Trinajstić information content (AvgIpc) is 2.61. The van der Waals surface area contributed by atoms with Crippen LogP contribution in [0.4, 0.5) is 17.6 Å². The van der Waals surface area contributed by atoms with E-state index in [0.717, 1.165) is 49.1 Å². The molecule has 2 heterocycles. The predicted octanol–water partition coefficient (Wildman–Crippen LogP) is 1.48. The Labute approximate surface area is 142 Å². The number of hydrogen-bond acceptors (Lipinski definition) is 7. The summed E-state index contributed by atoms with van der Waals surface area (Å²) < 4.78 is 5.66. The van der Waals surface area contributed by atoms with E-state index in [4.69, 9.17) is 10.5 Å². The minimum absolute atomic E-state index is 0.284. The number of aromatic nitrogens is 2. The molecule has 7 heteroatoms. The van der Waals surface area contributed by atoms with E-state index in [1.807, 2.05) is 37.3 Å². The molecule has 3 rings (SSSR count). The van der Waals surface area contributed by atoms with Crippen molar-refractivity contribution in [1.29, 1.82) is 0 Å². The molecule has 0 aliphatic carbocycles. The van der Waals surface area contributed by atoms with Crippen LogP contribution in [0, 0.1) is 0 Å². The number of benzene rings is 1. The molecule has 128 valence electrons. The zero-order valence-electron chi connectivity index (χ0n) is 14.0. The summed E-state index contributed by atoms with van der Waals surface area (Å²) >= 11 is 0. The van der Waals surface area contributed by atoms with E-state index < -0.39 is 0 Å². The van der Waals surface area contributed by atoms with E-state index in [2.05, 4.69) is 25.5 Å². The van der Waals surface area contributed by atoms with Crippen LogP contribution in [0.25, 0.3) is 0 Å². The maximum absolute atomic E-state index is 5.88. The number of rotatable bonds is 6. The molecular weight excluding hydrogens is 304 g/mol. The largest absolute Gasteiger partial charge is 0.494 e. The Bertz CT molecular complexity index is 672. The van der Waals surface area contributed by atoms with Crippen LogP contribution in [0.1, 0.15) is 12.5 Å². The molecule has 0 radical (unpaired) electrons. The van der Waals surface area contributed by atoms with Gasteiger partial charge < -0.3 is 26.0 Å². The minimum Gasteiger partial charge on any atom is -0.494 e. The second-order valence-corrected chi connectivity index (χ2v) is 5.60. The first-order valence-electron chi connectivity index (χ1n) is 8.31. The Morgan fingerprint density at radius 3 is 2.83 bits per heavy atom. The van der Waals surface area contributed by atoms with Gasteiger partial charge in [0, 0.05) is 44.4 Å². The van der Waals surface area contributed by atoms with Crippen LogP contribution in [0.3, 0.4) is 0 Å². The van der Waals surface area contributed by atoms with Crippen LogP contribution in [0.5, 0.6) is 5.75 Å². The lowest BCUT2D eigenvalue weighted by atomic mass is 10.2. The molecule has 2 aromatic rings. The highest BCUT2D eigenvalue weighted by Crippen LogP contribution is 2.21. The Balaban J connectivity index is 1.72. The van der Waals surface area contributed by atoms with Crippen LogP contribution in [0.2, 0.25) is 0 Å². The second kappa shape index (κ2) is 7.83. The summed E-state index contributed by atoms with van der Waals surface area (Å²) in [6.07, 6.45) is 0. The fourth-order valence-electron chi connectivity index (χ4n) is 2.73. The number of ether oxygens (including phenoxy) is 1. The maximum Gasteiger partial charge on any atom is 0.223 e. The number of nitrogens with zero attached hydrogens (tertiary/aromatic N) is 3. The number of nitrogens with one attached hydrogen (secondary N) is 2. The highest BCUT2D eigenvalue weighted by Gasteiger charge is 2.14. The van der Waals surface area contributed by atoms with E-state index in [1.165, 1.54) is 0 Å². The van der Waals surface area contributed by atoms with Crippen molar-refractivity contribution in [3.8, 4) is 5.75 Å². The van der Waals surface area contributed by atoms with E-state index in [9.17, 15) is 0 Å². The highest BCUT2D eigenvalue weighted by atomic mass is 16.5. The molecule has 4 N–H and O–H groups in total. The molecule has 0 atom stereocenters. The first kappa shape index (κ1) is 16.3. The number of nitrogen functional groups attached to an aromatic ring is 1. The molecule has 1 aliphatic heterocycles. The van der Waals surface area contributed by atoms with Gasteiger partial charge in [0.1, 0.15) is 17.4 Å². The molecule has 1 aromatic heterocycles. The van der Waals surface area contributed by atoms with E-state index >= 15 is 0 Å². The maximum atomic E-state index is 5.88. The van der Waals surface area contributed by atoms with Gasteiger partial charge in [-0.15, -0.1) is 0 Å². The molecule has 0 amide bonds. The van der Waals surface area contributed by atoms with Gasteiger partial charge in [-0.25, -0.2) is 0 Å². The van der Waals surface area contributed by atoms with Gasteiger partial charge in [-0.1, -0.05) is 18.2 Å². The lowest BCUT2D eigenvalue weighted by Gasteiger charge is -2.28. The zero-order valence-corrected chi connectivity index (χ0v) is 14.0. The molecule has 0 unspecified atom stereocenters. The zero-order chi connectivity index (χ0) is 16.8. The number of piperazine rings is 1. The fraction of sp³-hybridized carbons (Fsp3) is 0.412. The van der Waals surface area contributed by atoms with Crippen LogP contribution in [-0.2, 0) is 6.54 Å². The van der Waals surface area contributed by atoms with Crippen molar-refractivity contribution in [2.24, 2.45) is 0 Å². The van der Waals surface area contributed by atoms with Gasteiger partial charge in [0.15, 0.2) is 0 Å². The Morgan fingerprint density at radius 1 is 1.25 bits per heavy atom. The van der Waals surface area contributed by atoms with Crippen LogP contribution in [-0.4, -0.2) is 42.8 Å². The lowest BCUT2D eigenvalue weighted by Crippen LogP contribution is -2.44. The smallest absolute Gasteiger partial charge is 0.223 e. The lowest BCUT2D eigenvalue weighted by molar-refractivity contribution is 0.337. The topological polar surface area (TPSA) is 88.3 Å². The van der Waals surface area contributed by atoms with Crippen molar-refractivity contribution in [2.75, 3.05) is 48.7 Å². The standard InChI is InChI=1S/C17H24N6O/c1-2-24-14-6-4-3-5-13(14)12-20-15-11-16(22-17(18)21-15)23-9-7-19-8-10-23/h3-6,11,19H,2,7-10,12H2,1H3,(H3,18,20,21,22). The molecule has 7 nitrogen and oxygen atoms in total. The predicted molar refractivity (Wildman–Crippen MR) is 96.5 cm³/mol. The Kier molecular flexibility index (Phi) is 5.32. The molecule has 1 fully saturated rings. The molecule has 1 aromatic carbocycles. The highest BCUT2D eigenvalue weighted by molar-refractivity contribution is 5.53. The summed E-state index contributed by atoms with van der Waals surface area (Å²) in [6.45, 7) is 6.99.